The molecule has 0 bridgehead atoms. The Morgan fingerprint density at radius 2 is 1.72 bits per heavy atom. The molecule has 1 aliphatic rings. The molecule has 3 rings (SSSR count). The average molecular weight is 413 g/mol. The number of piperidine rings is 1. The molecule has 0 atom stereocenters. The topological polar surface area (TPSA) is 74.1 Å². The Hall–Kier alpha value is -2.35. The highest BCUT2D eigenvalue weighted by atomic mass is 32.2. The molecule has 2 aromatic rings. The van der Waals surface area contributed by atoms with Crippen molar-refractivity contribution in [2.24, 2.45) is 10.2 Å². The van der Waals surface area contributed by atoms with Gasteiger partial charge in [-0.1, -0.05) is 54.6 Å². The van der Waals surface area contributed by atoms with E-state index in [2.05, 4.69) is 34.3 Å². The Kier molecular flexibility index (Phi) is 6.62. The number of rotatable bonds is 7. The first kappa shape index (κ1) is 21.4. The maximum atomic E-state index is 13.1. The lowest BCUT2D eigenvalue weighted by Crippen LogP contribution is -2.45. The summed E-state index contributed by atoms with van der Waals surface area (Å²) in [5.41, 5.74) is 2.39. The van der Waals surface area contributed by atoms with Crippen LogP contribution in [-0.4, -0.2) is 39.5 Å². The van der Waals surface area contributed by atoms with Gasteiger partial charge in [-0.25, -0.2) is 8.42 Å². The summed E-state index contributed by atoms with van der Waals surface area (Å²) in [7, 11) is -1.71. The molecule has 29 heavy (non-hydrogen) atoms. The maximum absolute atomic E-state index is 13.1. The van der Waals surface area contributed by atoms with E-state index in [0.29, 0.717) is 43.2 Å². The van der Waals surface area contributed by atoms with Crippen molar-refractivity contribution in [1.82, 2.24) is 9.62 Å². The zero-order valence-electron chi connectivity index (χ0n) is 17.0. The van der Waals surface area contributed by atoms with E-state index in [4.69, 9.17) is 0 Å². The first-order valence-electron chi connectivity index (χ1n) is 9.74. The number of azo groups is 1. The van der Waals surface area contributed by atoms with E-state index in [1.54, 1.807) is 16.4 Å². The third-order valence-corrected chi connectivity index (χ3v) is 7.45. The average Bonchev–Trinajstić information content (AvgIpc) is 2.75. The lowest BCUT2D eigenvalue weighted by molar-refractivity contribution is 0.260. The zero-order valence-corrected chi connectivity index (χ0v) is 17.8. The van der Waals surface area contributed by atoms with Crippen molar-refractivity contribution >= 4 is 10.0 Å². The number of nitrogens with zero attached hydrogens (tertiary/aromatic N) is 3. The lowest BCUT2D eigenvalue weighted by Gasteiger charge is -2.41. The fourth-order valence-electron chi connectivity index (χ4n) is 3.76. The SMILES string of the molecule is C=C(N=NCNC)C1(c2ccccc2)CCN(S(=O)(=O)c2ccc(C)cc2)CC1. The molecule has 1 heterocycles. The predicted molar refractivity (Wildman–Crippen MR) is 115 cm³/mol. The Labute approximate surface area is 173 Å². The van der Waals surface area contributed by atoms with E-state index in [0.717, 1.165) is 11.1 Å². The highest BCUT2D eigenvalue weighted by molar-refractivity contribution is 7.89. The van der Waals surface area contributed by atoms with Gasteiger partial charge >= 0.3 is 0 Å². The lowest BCUT2D eigenvalue weighted by atomic mass is 9.71. The van der Waals surface area contributed by atoms with Gasteiger partial charge in [0.1, 0.15) is 6.67 Å². The van der Waals surface area contributed by atoms with Crippen molar-refractivity contribution in [2.75, 3.05) is 26.8 Å². The zero-order chi connectivity index (χ0) is 20.9. The summed E-state index contributed by atoms with van der Waals surface area (Å²) < 4.78 is 27.7. The molecule has 1 fully saturated rings. The molecular weight excluding hydrogens is 384 g/mol. The molecule has 1 aliphatic heterocycles. The smallest absolute Gasteiger partial charge is 0.243 e. The highest BCUT2D eigenvalue weighted by Gasteiger charge is 2.42. The molecule has 2 aromatic carbocycles. The van der Waals surface area contributed by atoms with Crippen molar-refractivity contribution in [3.8, 4) is 0 Å². The van der Waals surface area contributed by atoms with Gasteiger partial charge < -0.3 is 0 Å². The van der Waals surface area contributed by atoms with Crippen LogP contribution in [0, 0.1) is 6.92 Å². The van der Waals surface area contributed by atoms with Gasteiger partial charge in [0.2, 0.25) is 10.0 Å². The number of sulfonamides is 1. The van der Waals surface area contributed by atoms with Gasteiger partial charge in [0.15, 0.2) is 0 Å². The van der Waals surface area contributed by atoms with Crippen LogP contribution in [0.3, 0.4) is 0 Å². The number of allylic oxidation sites excluding steroid dienone is 1. The van der Waals surface area contributed by atoms with Gasteiger partial charge in [-0.05, 0) is 44.5 Å². The number of benzene rings is 2. The Balaban J connectivity index is 1.86. The minimum atomic E-state index is -3.52. The summed E-state index contributed by atoms with van der Waals surface area (Å²) in [5, 5.41) is 11.4. The second-order valence-electron chi connectivity index (χ2n) is 7.37. The summed E-state index contributed by atoms with van der Waals surface area (Å²) >= 11 is 0. The highest BCUT2D eigenvalue weighted by Crippen LogP contribution is 2.42. The Morgan fingerprint density at radius 1 is 1.10 bits per heavy atom. The number of aryl methyl sites for hydroxylation is 1. The summed E-state index contributed by atoms with van der Waals surface area (Å²) in [5.74, 6) is 0. The van der Waals surface area contributed by atoms with Gasteiger partial charge in [-0.15, -0.1) is 0 Å². The molecule has 0 saturated carbocycles. The van der Waals surface area contributed by atoms with Crippen LogP contribution in [0.4, 0.5) is 0 Å². The van der Waals surface area contributed by atoms with Gasteiger partial charge in [-0.3, -0.25) is 5.32 Å². The third kappa shape index (κ3) is 4.47. The van der Waals surface area contributed by atoms with E-state index in [1.807, 2.05) is 44.3 Å². The van der Waals surface area contributed by atoms with E-state index in [-0.39, 0.29) is 0 Å². The molecule has 0 radical (unpaired) electrons. The fraction of sp³-hybridized carbons (Fsp3) is 0.364. The van der Waals surface area contributed by atoms with Crippen molar-refractivity contribution in [1.29, 1.82) is 0 Å². The van der Waals surface area contributed by atoms with Gasteiger partial charge in [0, 0.05) is 18.5 Å². The third-order valence-electron chi connectivity index (χ3n) is 5.53. The first-order valence-corrected chi connectivity index (χ1v) is 11.2. The molecule has 7 heteroatoms. The van der Waals surface area contributed by atoms with Crippen molar-refractivity contribution in [2.45, 2.75) is 30.1 Å². The van der Waals surface area contributed by atoms with Crippen LogP contribution in [-0.2, 0) is 15.4 Å². The molecule has 0 unspecified atom stereocenters. The van der Waals surface area contributed by atoms with Gasteiger partial charge in [0.05, 0.1) is 10.6 Å². The van der Waals surface area contributed by atoms with Crippen LogP contribution in [0.15, 0.2) is 82.0 Å². The number of nitrogens with one attached hydrogen (secondary N) is 1. The Bertz CT molecular complexity index is 962. The van der Waals surface area contributed by atoms with Crippen LogP contribution < -0.4 is 5.32 Å². The molecule has 1 N–H and O–H groups in total. The van der Waals surface area contributed by atoms with Gasteiger partial charge in [0.25, 0.3) is 0 Å². The molecule has 6 nitrogen and oxygen atoms in total. The Morgan fingerprint density at radius 3 is 2.31 bits per heavy atom. The van der Waals surface area contributed by atoms with E-state index < -0.39 is 15.4 Å². The van der Waals surface area contributed by atoms with Crippen molar-refractivity contribution < 1.29 is 8.42 Å². The summed E-state index contributed by atoms with van der Waals surface area (Å²) in [6, 6.07) is 17.1. The van der Waals surface area contributed by atoms with Crippen LogP contribution >= 0.6 is 0 Å². The molecule has 0 aromatic heterocycles. The minimum Gasteiger partial charge on any atom is -0.300 e. The normalized spacial score (nSPS) is 17.4. The quantitative estimate of drug-likeness (QED) is 0.702. The van der Waals surface area contributed by atoms with E-state index >= 15 is 0 Å². The minimum absolute atomic E-state index is 0.336. The van der Waals surface area contributed by atoms with Crippen LogP contribution in [0.2, 0.25) is 0 Å². The van der Waals surface area contributed by atoms with Gasteiger partial charge in [-0.2, -0.15) is 14.5 Å². The molecule has 0 spiro atoms. The maximum Gasteiger partial charge on any atom is 0.243 e. The molecule has 154 valence electrons. The van der Waals surface area contributed by atoms with E-state index in [9.17, 15) is 8.42 Å². The molecular formula is C22H28N4O2S. The monoisotopic (exact) mass is 412 g/mol. The largest absolute Gasteiger partial charge is 0.300 e. The molecule has 0 aliphatic carbocycles. The first-order chi connectivity index (χ1) is 13.9. The van der Waals surface area contributed by atoms with Crippen LogP contribution in [0.1, 0.15) is 24.0 Å². The van der Waals surface area contributed by atoms with Crippen molar-refractivity contribution in [3.63, 3.8) is 0 Å². The van der Waals surface area contributed by atoms with Crippen LogP contribution in [0.5, 0.6) is 0 Å². The second-order valence-corrected chi connectivity index (χ2v) is 9.30. The summed E-state index contributed by atoms with van der Waals surface area (Å²) in [6.07, 6.45) is 1.22. The van der Waals surface area contributed by atoms with Crippen LogP contribution in [0.25, 0.3) is 0 Å². The number of hydrogen-bond donors (Lipinski definition) is 1. The molecule has 0 amide bonds. The predicted octanol–water partition coefficient (Wildman–Crippen LogP) is 3.86. The fourth-order valence-corrected chi connectivity index (χ4v) is 5.20. The summed E-state index contributed by atoms with van der Waals surface area (Å²) in [6.45, 7) is 7.37. The van der Waals surface area contributed by atoms with E-state index in [1.165, 1.54) is 0 Å². The molecule has 1 saturated heterocycles. The number of hydrogen-bond acceptors (Lipinski definition) is 5. The second kappa shape index (κ2) is 8.98. The summed E-state index contributed by atoms with van der Waals surface area (Å²) in [4.78, 5) is 0.336. The van der Waals surface area contributed by atoms with Crippen molar-refractivity contribution in [3.05, 3.63) is 78.0 Å². The standard InChI is InChI=1S/C22H28N4O2S/c1-18-9-11-21(12-10-18)29(27,28)26-15-13-22(14-16-26,19(2)25-24-17-23-3)20-7-5-4-6-8-20/h4-12,23H,2,13-17H2,1,3H3.